The van der Waals surface area contributed by atoms with Crippen molar-refractivity contribution in [3.63, 3.8) is 0 Å². The summed E-state index contributed by atoms with van der Waals surface area (Å²) >= 11 is 0. The minimum absolute atomic E-state index is 0. The van der Waals surface area contributed by atoms with Gasteiger partial charge < -0.3 is 0 Å². The molecule has 0 aromatic rings. The maximum atomic E-state index is 10.4. The van der Waals surface area contributed by atoms with Crippen molar-refractivity contribution < 1.29 is 12.6 Å². The molecule has 1 radical (unpaired) electrons. The van der Waals surface area contributed by atoms with Crippen molar-refractivity contribution in [3.8, 4) is 0 Å². The van der Waals surface area contributed by atoms with E-state index in [0.717, 1.165) is 12.5 Å². The van der Waals surface area contributed by atoms with Gasteiger partial charge in [0.25, 0.3) is 10.1 Å². The normalized spacial score (nSPS) is 11.4. The van der Waals surface area contributed by atoms with Crippen LogP contribution in [0.25, 0.3) is 0 Å². The van der Waals surface area contributed by atoms with Gasteiger partial charge in [-0.1, -0.05) is 13.0 Å². The van der Waals surface area contributed by atoms with Gasteiger partial charge in [0.15, 0.2) is 0 Å². The molecule has 0 fully saturated rings. The zero-order valence-electron chi connectivity index (χ0n) is 6.49. The Morgan fingerprint density at radius 1 is 1.50 bits per heavy atom. The molecule has 0 aliphatic carbocycles. The van der Waals surface area contributed by atoms with E-state index in [1.54, 1.807) is 0 Å². The van der Waals surface area contributed by atoms with Crippen LogP contribution >= 0.6 is 0 Å². The molecule has 0 unspecified atom stereocenters. The quantitative estimate of drug-likeness (QED) is 0.461. The first-order valence-corrected chi connectivity index (χ1v) is 4.06. The molecule has 0 aliphatic heterocycles. The summed E-state index contributed by atoms with van der Waals surface area (Å²) in [6.07, 6.45) is 2.22. The van der Waals surface area contributed by atoms with E-state index in [4.69, 9.17) is 0 Å². The molecule has 0 heterocycles. The van der Waals surface area contributed by atoms with E-state index in [2.05, 4.69) is 4.18 Å². The van der Waals surface area contributed by atoms with E-state index < -0.39 is 10.1 Å². The molecular weight excluding hydrogens is 163 g/mol. The Morgan fingerprint density at radius 2 is 2.00 bits per heavy atom. The summed E-state index contributed by atoms with van der Waals surface area (Å²) in [5.41, 5.74) is 0. The molecule has 5 heteroatoms. The first-order valence-electron chi connectivity index (χ1n) is 2.59. The Labute approximate surface area is 83.9 Å². The molecule has 0 amide bonds. The molecular formula is C5H10NaO3S. The first-order chi connectivity index (χ1) is 4.12. The molecule has 0 saturated heterocycles. The van der Waals surface area contributed by atoms with Crippen LogP contribution in [0.5, 0.6) is 0 Å². The van der Waals surface area contributed by atoms with Crippen molar-refractivity contribution in [3.05, 3.63) is 11.5 Å². The summed E-state index contributed by atoms with van der Waals surface area (Å²) in [6, 6.07) is 0. The average molecular weight is 173 g/mol. The molecule has 0 aromatic heterocycles. The zero-order chi connectivity index (χ0) is 7.33. The Morgan fingerprint density at radius 3 is 2.30 bits per heavy atom. The smallest absolute Gasteiger partial charge is 0.270 e. The van der Waals surface area contributed by atoms with E-state index in [9.17, 15) is 8.42 Å². The van der Waals surface area contributed by atoms with Crippen LogP contribution in [0.2, 0.25) is 0 Å². The summed E-state index contributed by atoms with van der Waals surface area (Å²) in [7, 11) is -2.23. The second kappa shape index (κ2) is 6.37. The van der Waals surface area contributed by atoms with Crippen molar-refractivity contribution in [2.24, 2.45) is 0 Å². The van der Waals surface area contributed by atoms with Gasteiger partial charge in [0.1, 0.15) is 0 Å². The molecule has 0 rings (SSSR count). The van der Waals surface area contributed by atoms with Crippen LogP contribution in [0.15, 0.2) is 11.5 Å². The van der Waals surface area contributed by atoms with Crippen LogP contribution in [0.3, 0.4) is 0 Å². The molecule has 0 bridgehead atoms. The summed E-state index contributed by atoms with van der Waals surface area (Å²) in [5.74, 6) is 0. The van der Waals surface area contributed by atoms with Gasteiger partial charge in [-0.2, -0.15) is 8.42 Å². The predicted octanol–water partition coefficient (Wildman–Crippen LogP) is 0.506. The Bertz CT molecular complexity index is 183. The van der Waals surface area contributed by atoms with E-state index in [0.29, 0.717) is 6.42 Å². The van der Waals surface area contributed by atoms with Gasteiger partial charge >= 0.3 is 0 Å². The second-order valence-electron chi connectivity index (χ2n) is 1.44. The third kappa shape index (κ3) is 6.77. The third-order valence-electron chi connectivity index (χ3n) is 0.731. The van der Waals surface area contributed by atoms with Gasteiger partial charge in [0, 0.05) is 29.6 Å². The van der Waals surface area contributed by atoms with Crippen LogP contribution in [0.4, 0.5) is 0 Å². The Hall–Kier alpha value is 0.650. The number of rotatable bonds is 3. The summed E-state index contributed by atoms with van der Waals surface area (Å²) < 4.78 is 25.0. The van der Waals surface area contributed by atoms with Crippen LogP contribution in [-0.2, 0) is 14.3 Å². The standard InChI is InChI=1S/C5H10O3S.Na/c1-3-4-5-9(6,7)8-2;/h4-5H,3H2,1-2H3;. The molecule has 0 saturated carbocycles. The van der Waals surface area contributed by atoms with E-state index in [-0.39, 0.29) is 29.6 Å². The molecule has 0 N–H and O–H groups in total. The summed E-state index contributed by atoms with van der Waals surface area (Å²) in [6.45, 7) is 1.85. The Kier molecular flexibility index (Phi) is 8.44. The number of hydrogen-bond donors (Lipinski definition) is 0. The first kappa shape index (κ1) is 13.3. The topological polar surface area (TPSA) is 43.4 Å². The van der Waals surface area contributed by atoms with Gasteiger partial charge in [-0.3, -0.25) is 4.18 Å². The minimum Gasteiger partial charge on any atom is -0.270 e. The zero-order valence-corrected chi connectivity index (χ0v) is 9.31. The molecule has 3 nitrogen and oxygen atoms in total. The summed E-state index contributed by atoms with van der Waals surface area (Å²) in [4.78, 5) is 0. The molecule has 0 atom stereocenters. The van der Waals surface area contributed by atoms with Gasteiger partial charge in [-0.05, 0) is 6.42 Å². The van der Waals surface area contributed by atoms with E-state index in [1.165, 1.54) is 6.08 Å². The fourth-order valence-electron chi connectivity index (χ4n) is 0.270. The fourth-order valence-corrected chi connectivity index (χ4v) is 0.809. The molecule has 55 valence electrons. The van der Waals surface area contributed by atoms with Crippen molar-refractivity contribution in [2.45, 2.75) is 13.3 Å². The minimum atomic E-state index is -3.36. The third-order valence-corrected chi connectivity index (χ3v) is 1.72. The largest absolute Gasteiger partial charge is 0.289 e. The van der Waals surface area contributed by atoms with Gasteiger partial charge in [0.05, 0.1) is 12.5 Å². The van der Waals surface area contributed by atoms with Crippen LogP contribution in [-0.4, -0.2) is 45.1 Å². The molecule has 0 spiro atoms. The molecule has 10 heavy (non-hydrogen) atoms. The monoisotopic (exact) mass is 173 g/mol. The van der Waals surface area contributed by atoms with E-state index >= 15 is 0 Å². The van der Waals surface area contributed by atoms with Crippen molar-refractivity contribution >= 4 is 39.7 Å². The van der Waals surface area contributed by atoms with Crippen LogP contribution < -0.4 is 0 Å². The van der Waals surface area contributed by atoms with Crippen molar-refractivity contribution in [1.29, 1.82) is 0 Å². The van der Waals surface area contributed by atoms with Gasteiger partial charge in [-0.15, -0.1) is 0 Å². The van der Waals surface area contributed by atoms with E-state index in [1.807, 2.05) is 6.92 Å². The Balaban J connectivity index is 0. The average Bonchev–Trinajstić information content (AvgIpc) is 1.84. The number of allylic oxidation sites excluding steroid dienone is 1. The molecule has 0 aromatic carbocycles. The maximum Gasteiger partial charge on any atom is 0.289 e. The van der Waals surface area contributed by atoms with Gasteiger partial charge in [-0.25, -0.2) is 0 Å². The predicted molar refractivity (Wildman–Crippen MR) is 41.1 cm³/mol. The summed E-state index contributed by atoms with van der Waals surface area (Å²) in [5, 5.41) is 1.05. The van der Waals surface area contributed by atoms with Crippen molar-refractivity contribution in [2.75, 3.05) is 7.11 Å². The second-order valence-corrected chi connectivity index (χ2v) is 3.03. The SMILES string of the molecule is CCC=CS(=O)(=O)OC.[Na]. The van der Waals surface area contributed by atoms with Crippen LogP contribution in [0, 0.1) is 0 Å². The molecule has 0 aliphatic rings. The fraction of sp³-hybridized carbons (Fsp3) is 0.600. The maximum absolute atomic E-state index is 10.4. The van der Waals surface area contributed by atoms with Crippen molar-refractivity contribution in [1.82, 2.24) is 0 Å². The van der Waals surface area contributed by atoms with Gasteiger partial charge in [0.2, 0.25) is 0 Å². The van der Waals surface area contributed by atoms with Crippen LogP contribution in [0.1, 0.15) is 13.3 Å². The number of hydrogen-bond acceptors (Lipinski definition) is 3.